The van der Waals surface area contributed by atoms with Crippen molar-refractivity contribution in [3.8, 4) is 0 Å². The Morgan fingerprint density at radius 1 is 1.26 bits per heavy atom. The van der Waals surface area contributed by atoms with Gasteiger partial charge in [-0.2, -0.15) is 0 Å². The Kier molecular flexibility index (Phi) is 3.97. The smallest absolute Gasteiger partial charge is 0.244 e. The number of carbonyl (C=O) groups is 2. The molecule has 0 spiro atoms. The van der Waals surface area contributed by atoms with Gasteiger partial charge >= 0.3 is 0 Å². The summed E-state index contributed by atoms with van der Waals surface area (Å²) < 4.78 is 0. The molecule has 1 aromatic heterocycles. The van der Waals surface area contributed by atoms with E-state index in [1.165, 1.54) is 6.92 Å². The number of aromatic nitrogens is 1. The zero-order valence-electron chi connectivity index (χ0n) is 10.2. The van der Waals surface area contributed by atoms with Crippen LogP contribution in [0.1, 0.15) is 6.92 Å². The van der Waals surface area contributed by atoms with Crippen molar-refractivity contribution in [2.45, 2.75) is 6.92 Å². The lowest BCUT2D eigenvalue weighted by Gasteiger charge is -2.06. The van der Waals surface area contributed by atoms with E-state index < -0.39 is 0 Å². The molecule has 0 saturated heterocycles. The average Bonchev–Trinajstić information content (AvgIpc) is 2.37. The number of para-hydroxylation sites is 1. The molecule has 2 N–H and O–H groups in total. The van der Waals surface area contributed by atoms with Gasteiger partial charge in [0, 0.05) is 12.3 Å². The summed E-state index contributed by atoms with van der Waals surface area (Å²) in [5.74, 6) is -0.199. The van der Waals surface area contributed by atoms with Gasteiger partial charge in [-0.15, -0.1) is 0 Å². The van der Waals surface area contributed by atoms with Crippen molar-refractivity contribution < 1.29 is 9.59 Å². The topological polar surface area (TPSA) is 71.1 Å². The number of hydrogen-bond donors (Lipinski definition) is 2. The van der Waals surface area contributed by atoms with Gasteiger partial charge in [-0.05, 0) is 18.2 Å². The molecule has 1 aromatic carbocycles. The third-order valence-electron chi connectivity index (χ3n) is 2.44. The van der Waals surface area contributed by atoms with Crippen LogP contribution in [0, 0.1) is 0 Å². The Labute approximate surface area is 115 Å². The molecule has 19 heavy (non-hydrogen) atoms. The van der Waals surface area contributed by atoms with Gasteiger partial charge in [0.2, 0.25) is 11.8 Å². The molecule has 2 aromatic rings. The van der Waals surface area contributed by atoms with Crippen LogP contribution in [-0.4, -0.2) is 23.3 Å². The number of amides is 2. The quantitative estimate of drug-likeness (QED) is 0.901. The van der Waals surface area contributed by atoms with E-state index in [0.717, 1.165) is 5.39 Å². The fraction of sp³-hybridized carbons (Fsp3) is 0.154. The van der Waals surface area contributed by atoms with Crippen molar-refractivity contribution in [1.82, 2.24) is 10.3 Å². The number of benzene rings is 1. The molecule has 0 saturated carbocycles. The highest BCUT2D eigenvalue weighted by Gasteiger charge is 2.06. The molecule has 6 heteroatoms. The monoisotopic (exact) mass is 277 g/mol. The van der Waals surface area contributed by atoms with Crippen LogP contribution in [0.15, 0.2) is 30.3 Å². The minimum atomic E-state index is -0.339. The van der Waals surface area contributed by atoms with Gasteiger partial charge in [0.15, 0.2) is 0 Å². The van der Waals surface area contributed by atoms with E-state index >= 15 is 0 Å². The number of pyridine rings is 1. The summed E-state index contributed by atoms with van der Waals surface area (Å²) in [6.45, 7) is 1.26. The van der Waals surface area contributed by atoms with Crippen LogP contribution >= 0.6 is 11.6 Å². The van der Waals surface area contributed by atoms with Crippen molar-refractivity contribution in [2.75, 3.05) is 11.9 Å². The van der Waals surface area contributed by atoms with E-state index in [4.69, 9.17) is 11.6 Å². The summed E-state index contributed by atoms with van der Waals surface area (Å²) in [4.78, 5) is 26.5. The highest BCUT2D eigenvalue weighted by Crippen LogP contribution is 2.22. The first-order valence-corrected chi connectivity index (χ1v) is 6.03. The first kappa shape index (κ1) is 13.3. The molecule has 0 bridgehead atoms. The summed E-state index contributed by atoms with van der Waals surface area (Å²) in [7, 11) is 0. The molecule has 2 rings (SSSR count). The van der Waals surface area contributed by atoms with Gasteiger partial charge in [0.05, 0.1) is 17.1 Å². The van der Waals surface area contributed by atoms with E-state index in [-0.39, 0.29) is 18.4 Å². The predicted octanol–water partition coefficient (Wildman–Crippen LogP) is 1.96. The molecule has 0 fully saturated rings. The first-order valence-electron chi connectivity index (χ1n) is 5.66. The standard InChI is InChI=1S/C13H12ClN3O2/c1-8(18)15-7-12(19)16-11-6-5-9-3-2-4-10(14)13(9)17-11/h2-6H,7H2,1H3,(H,15,18)(H,16,17,19). The minimum absolute atomic E-state index is 0.0857. The normalized spacial score (nSPS) is 10.2. The third-order valence-corrected chi connectivity index (χ3v) is 2.74. The van der Waals surface area contributed by atoms with E-state index in [1.54, 1.807) is 12.1 Å². The predicted molar refractivity (Wildman–Crippen MR) is 74.1 cm³/mol. The number of halogens is 1. The lowest BCUT2D eigenvalue weighted by atomic mass is 10.2. The van der Waals surface area contributed by atoms with Gasteiger partial charge in [0.1, 0.15) is 5.82 Å². The molecule has 0 aliphatic carbocycles. The SMILES string of the molecule is CC(=O)NCC(=O)Nc1ccc2cccc(Cl)c2n1. The van der Waals surface area contributed by atoms with Crippen LogP contribution in [0.2, 0.25) is 5.02 Å². The maximum atomic E-state index is 11.5. The fourth-order valence-electron chi connectivity index (χ4n) is 1.57. The number of rotatable bonds is 3. The molecule has 0 aliphatic heterocycles. The number of nitrogens with one attached hydrogen (secondary N) is 2. The fourth-order valence-corrected chi connectivity index (χ4v) is 1.80. The number of anilines is 1. The van der Waals surface area contributed by atoms with Crippen LogP contribution < -0.4 is 10.6 Å². The number of carbonyl (C=O) groups excluding carboxylic acids is 2. The maximum Gasteiger partial charge on any atom is 0.244 e. The van der Waals surface area contributed by atoms with Crippen molar-refractivity contribution in [1.29, 1.82) is 0 Å². The van der Waals surface area contributed by atoms with Crippen molar-refractivity contribution in [2.24, 2.45) is 0 Å². The maximum absolute atomic E-state index is 11.5. The third kappa shape index (κ3) is 3.42. The Morgan fingerprint density at radius 2 is 2.05 bits per heavy atom. The Bertz CT molecular complexity index is 643. The number of nitrogens with zero attached hydrogens (tertiary/aromatic N) is 1. The first-order chi connectivity index (χ1) is 9.06. The van der Waals surface area contributed by atoms with Crippen LogP contribution in [-0.2, 0) is 9.59 Å². The minimum Gasteiger partial charge on any atom is -0.347 e. The summed E-state index contributed by atoms with van der Waals surface area (Å²) in [5, 5.41) is 6.42. The van der Waals surface area contributed by atoms with E-state index in [2.05, 4.69) is 15.6 Å². The molecule has 0 aliphatic rings. The summed E-state index contributed by atoms with van der Waals surface area (Å²) in [6.07, 6.45) is 0. The summed E-state index contributed by atoms with van der Waals surface area (Å²) in [5.41, 5.74) is 0.626. The van der Waals surface area contributed by atoms with Crippen molar-refractivity contribution >= 4 is 40.1 Å². The zero-order valence-corrected chi connectivity index (χ0v) is 11.0. The van der Waals surface area contributed by atoms with Crippen LogP contribution in [0.5, 0.6) is 0 Å². The van der Waals surface area contributed by atoms with Crippen LogP contribution in [0.4, 0.5) is 5.82 Å². The Morgan fingerprint density at radius 3 is 2.79 bits per heavy atom. The molecule has 1 heterocycles. The second-order valence-corrected chi connectivity index (χ2v) is 4.37. The van der Waals surface area contributed by atoms with Crippen molar-refractivity contribution in [3.63, 3.8) is 0 Å². The molecule has 0 radical (unpaired) electrons. The molecule has 5 nitrogen and oxygen atoms in total. The van der Waals surface area contributed by atoms with E-state index in [1.807, 2.05) is 18.2 Å². The largest absolute Gasteiger partial charge is 0.347 e. The van der Waals surface area contributed by atoms with Crippen LogP contribution in [0.25, 0.3) is 10.9 Å². The van der Waals surface area contributed by atoms with Gasteiger partial charge in [-0.1, -0.05) is 23.7 Å². The average molecular weight is 278 g/mol. The van der Waals surface area contributed by atoms with Crippen LogP contribution in [0.3, 0.4) is 0 Å². The lowest BCUT2D eigenvalue weighted by molar-refractivity contribution is -0.122. The van der Waals surface area contributed by atoms with Gasteiger partial charge in [0.25, 0.3) is 0 Å². The molecular weight excluding hydrogens is 266 g/mol. The Balaban J connectivity index is 2.15. The molecule has 0 atom stereocenters. The number of fused-ring (bicyclic) bond motifs is 1. The molecular formula is C13H12ClN3O2. The molecule has 0 unspecified atom stereocenters. The second kappa shape index (κ2) is 5.67. The molecule has 98 valence electrons. The lowest BCUT2D eigenvalue weighted by Crippen LogP contribution is -2.31. The van der Waals surface area contributed by atoms with Crippen molar-refractivity contribution in [3.05, 3.63) is 35.4 Å². The number of hydrogen-bond acceptors (Lipinski definition) is 3. The zero-order chi connectivity index (χ0) is 13.8. The summed E-state index contributed by atoms with van der Waals surface area (Å²) in [6, 6.07) is 8.96. The highest BCUT2D eigenvalue weighted by molar-refractivity contribution is 6.35. The highest BCUT2D eigenvalue weighted by atomic mass is 35.5. The Hall–Kier alpha value is -2.14. The second-order valence-electron chi connectivity index (χ2n) is 3.97. The molecule has 2 amide bonds. The van der Waals surface area contributed by atoms with E-state index in [0.29, 0.717) is 16.4 Å². The van der Waals surface area contributed by atoms with Gasteiger partial charge < -0.3 is 10.6 Å². The summed E-state index contributed by atoms with van der Waals surface area (Å²) >= 11 is 6.04. The van der Waals surface area contributed by atoms with E-state index in [9.17, 15) is 9.59 Å². The van der Waals surface area contributed by atoms with Gasteiger partial charge in [-0.3, -0.25) is 9.59 Å². The van der Waals surface area contributed by atoms with Gasteiger partial charge in [-0.25, -0.2) is 4.98 Å².